The molecular formula is C44H55BrN10O6. The smallest absolute Gasteiger partial charge is 0.246 e. The largest absolute Gasteiger partial charge is 0.370 e. The Balaban J connectivity index is 1.44. The summed E-state index contributed by atoms with van der Waals surface area (Å²) in [5.41, 5.74) is 19.3. The Kier molecular flexibility index (Phi) is 16.4. The number of aryl methyl sites for hydroxylation is 1. The van der Waals surface area contributed by atoms with Crippen LogP contribution in [0.5, 0.6) is 0 Å². The second-order valence-electron chi connectivity index (χ2n) is 15.3. The number of carbonyl (C=O) groups is 6. The van der Waals surface area contributed by atoms with Gasteiger partial charge in [0.15, 0.2) is 5.96 Å². The van der Waals surface area contributed by atoms with Gasteiger partial charge in [0.2, 0.25) is 35.4 Å². The Morgan fingerprint density at radius 1 is 0.820 bits per heavy atom. The van der Waals surface area contributed by atoms with Crippen LogP contribution < -0.4 is 43.8 Å². The minimum Gasteiger partial charge on any atom is -0.370 e. The van der Waals surface area contributed by atoms with E-state index >= 15 is 0 Å². The molecule has 0 saturated heterocycles. The third-order valence-corrected chi connectivity index (χ3v) is 11.5. The van der Waals surface area contributed by atoms with Crippen LogP contribution in [0, 0.1) is 0 Å². The van der Waals surface area contributed by atoms with Gasteiger partial charge in [-0.3, -0.25) is 33.8 Å². The number of fused-ring (bicyclic) bond motifs is 2. The zero-order valence-electron chi connectivity index (χ0n) is 34.2. The second-order valence-corrected chi connectivity index (χ2v) is 16.2. The van der Waals surface area contributed by atoms with Crippen molar-refractivity contribution in [3.05, 3.63) is 106 Å². The number of nitrogens with two attached hydrogens (primary N) is 3. The lowest BCUT2D eigenvalue weighted by molar-refractivity contribution is -0.137. The molecule has 0 aliphatic heterocycles. The van der Waals surface area contributed by atoms with Crippen LogP contribution in [0.15, 0.2) is 88.5 Å². The van der Waals surface area contributed by atoms with Crippen LogP contribution in [0.2, 0.25) is 0 Å². The second kappa shape index (κ2) is 21.9. The van der Waals surface area contributed by atoms with E-state index in [0.717, 1.165) is 44.1 Å². The Bertz CT molecular complexity index is 2230. The van der Waals surface area contributed by atoms with E-state index in [9.17, 15) is 28.8 Å². The molecule has 324 valence electrons. The molecule has 1 aliphatic carbocycles. The molecule has 6 amide bonds. The fourth-order valence-electron chi connectivity index (χ4n) is 7.50. The van der Waals surface area contributed by atoms with Crippen molar-refractivity contribution in [3.63, 3.8) is 0 Å². The molecule has 5 rings (SSSR count). The number of carbonyl (C=O) groups excluding carboxylic acids is 6. The first-order chi connectivity index (χ1) is 29.3. The summed E-state index contributed by atoms with van der Waals surface area (Å²) in [4.78, 5) is 89.2. The quantitative estimate of drug-likeness (QED) is 0.0339. The van der Waals surface area contributed by atoms with Gasteiger partial charge in [-0.05, 0) is 66.5 Å². The first-order valence-corrected chi connectivity index (χ1v) is 21.3. The van der Waals surface area contributed by atoms with Gasteiger partial charge >= 0.3 is 0 Å². The fraction of sp³-hybridized carbons (Fsp3) is 0.386. The standard InChI is InChI=1S/C44H55BrN10O6/c1-2-3-18-38(57)55-44(20-19-28-13-9-15-32(45)31(28)24-44)42(61)54-35(22-27-11-5-4-6-12-27)41(60)52-34(17-10-21-49-43(47)48)40(59)53-36(39(58)51-26-37(46)56)23-29-25-50-33-16-8-7-14-30(29)33/h4-9,11-16,25,34-36,50H,2-3,10,17-24,26H2,1H3,(H2,46,56)(H,51,58)(H,52,60)(H,53,59)(H,54,61)(H,55,57)(H4,47,48,49)/t34-,35+,36-,44?/m0/s1. The predicted octanol–water partition coefficient (Wildman–Crippen LogP) is 2.06. The van der Waals surface area contributed by atoms with E-state index in [0.29, 0.717) is 19.3 Å². The average molecular weight is 900 g/mol. The number of nitrogens with one attached hydrogen (secondary N) is 6. The summed E-state index contributed by atoms with van der Waals surface area (Å²) in [6, 6.07) is 18.8. The molecule has 4 atom stereocenters. The van der Waals surface area contributed by atoms with Crippen molar-refractivity contribution in [1.82, 2.24) is 31.6 Å². The third-order valence-electron chi connectivity index (χ3n) is 10.7. The highest BCUT2D eigenvalue weighted by Gasteiger charge is 2.44. The molecular weight excluding hydrogens is 844 g/mol. The van der Waals surface area contributed by atoms with E-state index < -0.39 is 59.7 Å². The van der Waals surface area contributed by atoms with Gasteiger partial charge in [-0.2, -0.15) is 0 Å². The van der Waals surface area contributed by atoms with Crippen LogP contribution in [0.1, 0.15) is 67.7 Å². The number of amides is 6. The maximum atomic E-state index is 14.7. The number of primary amides is 1. The van der Waals surface area contributed by atoms with Crippen LogP contribution in [-0.2, 0) is 54.5 Å². The van der Waals surface area contributed by atoms with Gasteiger partial charge in [-0.25, -0.2) is 0 Å². The molecule has 1 aliphatic rings. The van der Waals surface area contributed by atoms with Crippen LogP contribution in [0.25, 0.3) is 10.9 Å². The zero-order chi connectivity index (χ0) is 43.9. The number of unbranched alkanes of at least 4 members (excludes halogenated alkanes) is 1. The molecule has 0 spiro atoms. The van der Waals surface area contributed by atoms with Crippen molar-refractivity contribution in [2.45, 2.75) is 94.8 Å². The minimum absolute atomic E-state index is 0.0347. The van der Waals surface area contributed by atoms with Gasteiger partial charge in [-0.15, -0.1) is 0 Å². The number of rotatable bonds is 21. The van der Waals surface area contributed by atoms with Gasteiger partial charge in [0, 0.05) is 53.8 Å². The van der Waals surface area contributed by atoms with E-state index in [4.69, 9.17) is 17.2 Å². The van der Waals surface area contributed by atoms with Crippen molar-refractivity contribution in [1.29, 1.82) is 0 Å². The number of guanidine groups is 1. The topological polar surface area (TPSA) is 269 Å². The van der Waals surface area contributed by atoms with E-state index in [-0.39, 0.29) is 56.9 Å². The van der Waals surface area contributed by atoms with Gasteiger partial charge < -0.3 is 48.8 Å². The van der Waals surface area contributed by atoms with Crippen molar-refractivity contribution < 1.29 is 28.8 Å². The number of benzene rings is 3. The molecule has 4 aromatic rings. The first-order valence-electron chi connectivity index (χ1n) is 20.5. The molecule has 0 saturated carbocycles. The molecule has 1 unspecified atom stereocenters. The summed E-state index contributed by atoms with van der Waals surface area (Å²) in [5, 5.41) is 15.0. The highest BCUT2D eigenvalue weighted by molar-refractivity contribution is 9.10. The molecule has 3 aromatic carbocycles. The molecule has 1 heterocycles. The molecule has 16 nitrogen and oxygen atoms in total. The van der Waals surface area contributed by atoms with Crippen molar-refractivity contribution in [2.75, 3.05) is 13.1 Å². The van der Waals surface area contributed by atoms with Crippen LogP contribution in [0.4, 0.5) is 0 Å². The Morgan fingerprint density at radius 2 is 1.52 bits per heavy atom. The zero-order valence-corrected chi connectivity index (χ0v) is 35.8. The van der Waals surface area contributed by atoms with Gasteiger partial charge in [-0.1, -0.05) is 89.9 Å². The lowest BCUT2D eigenvalue weighted by Crippen LogP contribution is -2.65. The maximum absolute atomic E-state index is 14.7. The van der Waals surface area contributed by atoms with Crippen molar-refractivity contribution in [2.24, 2.45) is 22.2 Å². The number of hydrogen-bond acceptors (Lipinski definition) is 7. The summed E-state index contributed by atoms with van der Waals surface area (Å²) >= 11 is 3.64. The number of nitrogens with zero attached hydrogens (tertiary/aromatic N) is 1. The van der Waals surface area contributed by atoms with E-state index in [2.05, 4.69) is 52.5 Å². The number of H-pyrrole nitrogens is 1. The predicted molar refractivity (Wildman–Crippen MR) is 237 cm³/mol. The molecule has 0 radical (unpaired) electrons. The number of halogens is 1. The molecule has 12 N–H and O–H groups in total. The lowest BCUT2D eigenvalue weighted by Gasteiger charge is -2.39. The van der Waals surface area contributed by atoms with E-state index in [1.165, 1.54) is 0 Å². The number of aromatic nitrogens is 1. The highest BCUT2D eigenvalue weighted by Crippen LogP contribution is 2.34. The van der Waals surface area contributed by atoms with E-state index in [1.54, 1.807) is 6.20 Å². The summed E-state index contributed by atoms with van der Waals surface area (Å²) in [7, 11) is 0. The SMILES string of the molecule is CCCCC(=O)NC1(C(=O)N[C@H](Cc2ccccc2)C(=O)N[C@@H](CCCN=C(N)N)C(=O)N[C@@H](Cc2c[nH]c3ccccc23)C(=O)NCC(N)=O)CCc2cccc(Br)c2C1. The van der Waals surface area contributed by atoms with Crippen LogP contribution in [0.3, 0.4) is 0 Å². The van der Waals surface area contributed by atoms with Gasteiger partial charge in [0.25, 0.3) is 0 Å². The number of hydrogen-bond donors (Lipinski definition) is 9. The maximum Gasteiger partial charge on any atom is 0.246 e. The normalized spacial score (nSPS) is 15.9. The van der Waals surface area contributed by atoms with E-state index in [1.807, 2.05) is 79.7 Å². The van der Waals surface area contributed by atoms with Crippen molar-refractivity contribution >= 4 is 68.2 Å². The molecule has 1 aromatic heterocycles. The van der Waals surface area contributed by atoms with Crippen molar-refractivity contribution in [3.8, 4) is 0 Å². The number of aromatic amines is 1. The average Bonchev–Trinajstić information content (AvgIpc) is 3.65. The third kappa shape index (κ3) is 12.9. The minimum atomic E-state index is -1.37. The fourth-order valence-corrected chi connectivity index (χ4v) is 8.04. The summed E-state index contributed by atoms with van der Waals surface area (Å²) < 4.78 is 0.809. The Labute approximate surface area is 363 Å². The van der Waals surface area contributed by atoms with Gasteiger partial charge in [0.05, 0.1) is 6.54 Å². The summed E-state index contributed by atoms with van der Waals surface area (Å²) in [6.07, 6.45) is 4.81. The molecule has 17 heteroatoms. The Morgan fingerprint density at radius 3 is 2.26 bits per heavy atom. The first kappa shape index (κ1) is 45.8. The Hall–Kier alpha value is -6.23. The summed E-state index contributed by atoms with van der Waals surface area (Å²) in [6.45, 7) is 1.66. The van der Waals surface area contributed by atoms with Crippen LogP contribution in [-0.4, -0.2) is 83.1 Å². The highest BCUT2D eigenvalue weighted by atomic mass is 79.9. The number of aliphatic imine (C=N–C) groups is 1. The molecule has 0 fully saturated rings. The summed E-state index contributed by atoms with van der Waals surface area (Å²) in [5.74, 6) is -3.75. The number of para-hydroxylation sites is 1. The molecule has 61 heavy (non-hydrogen) atoms. The lowest BCUT2D eigenvalue weighted by atomic mass is 9.76. The van der Waals surface area contributed by atoms with Gasteiger partial charge in [0.1, 0.15) is 23.7 Å². The van der Waals surface area contributed by atoms with Crippen LogP contribution >= 0.6 is 15.9 Å². The monoisotopic (exact) mass is 898 g/mol. The molecule has 0 bridgehead atoms.